The van der Waals surface area contributed by atoms with E-state index >= 15 is 0 Å². The van der Waals surface area contributed by atoms with Crippen molar-refractivity contribution in [1.29, 1.82) is 0 Å². The van der Waals surface area contributed by atoms with Gasteiger partial charge in [0.15, 0.2) is 0 Å². The molecule has 0 radical (unpaired) electrons. The van der Waals surface area contributed by atoms with Crippen LogP contribution >= 0.6 is 0 Å². The average molecular weight is 345 g/mol. The van der Waals surface area contributed by atoms with Gasteiger partial charge in [0.1, 0.15) is 11.8 Å². The second-order valence-electron chi connectivity index (χ2n) is 6.30. The van der Waals surface area contributed by atoms with Crippen LogP contribution in [0, 0.1) is 0 Å². The van der Waals surface area contributed by atoms with E-state index in [1.165, 1.54) is 0 Å². The number of urea groups is 1. The number of ether oxygens (including phenoxy) is 1. The van der Waals surface area contributed by atoms with Gasteiger partial charge < -0.3 is 15.0 Å². The molecule has 2 saturated heterocycles. The van der Waals surface area contributed by atoms with Gasteiger partial charge in [0.25, 0.3) is 5.91 Å². The van der Waals surface area contributed by atoms with Crippen molar-refractivity contribution in [3.63, 3.8) is 0 Å². The number of nitrogens with one attached hydrogen (secondary N) is 2. The lowest BCUT2D eigenvalue weighted by Gasteiger charge is -2.25. The summed E-state index contributed by atoms with van der Waals surface area (Å²) in [7, 11) is 0. The molecule has 7 nitrogen and oxygen atoms in total. The number of hydrogen-bond acceptors (Lipinski definition) is 4. The zero-order valence-corrected chi connectivity index (χ0v) is 14.3. The summed E-state index contributed by atoms with van der Waals surface area (Å²) in [4.78, 5) is 37.2. The number of carbonyl (C=O) groups is 3. The lowest BCUT2D eigenvalue weighted by atomic mass is 10.0. The molecule has 2 aliphatic heterocycles. The number of benzene rings is 1. The van der Waals surface area contributed by atoms with Crippen molar-refractivity contribution in [2.45, 2.75) is 44.7 Å². The molecular formula is C18H23N3O4. The van der Waals surface area contributed by atoms with Crippen molar-refractivity contribution < 1.29 is 19.1 Å². The first-order valence-electron chi connectivity index (χ1n) is 8.72. The van der Waals surface area contributed by atoms with Crippen molar-refractivity contribution >= 4 is 17.8 Å². The number of nitrogens with zero attached hydrogens (tertiary/aromatic N) is 1. The molecule has 0 spiro atoms. The van der Waals surface area contributed by atoms with E-state index in [0.29, 0.717) is 13.0 Å². The fraction of sp³-hybridized carbons (Fsp3) is 0.500. The van der Waals surface area contributed by atoms with Crippen LogP contribution < -0.4 is 15.4 Å². The Labute approximate surface area is 146 Å². The predicted octanol–water partition coefficient (Wildman–Crippen LogP) is 1.74. The summed E-state index contributed by atoms with van der Waals surface area (Å²) in [6, 6.07) is 6.84. The van der Waals surface area contributed by atoms with Gasteiger partial charge in [-0.2, -0.15) is 0 Å². The van der Waals surface area contributed by atoms with Crippen LogP contribution in [-0.2, 0) is 9.59 Å². The fourth-order valence-corrected chi connectivity index (χ4v) is 3.44. The van der Waals surface area contributed by atoms with E-state index in [-0.39, 0.29) is 24.3 Å². The number of hydrogen-bond donors (Lipinski definition) is 2. The molecule has 2 heterocycles. The third-order valence-electron chi connectivity index (χ3n) is 4.65. The van der Waals surface area contributed by atoms with E-state index in [1.807, 2.05) is 36.1 Å². The average Bonchev–Trinajstić information content (AvgIpc) is 3.20. The number of imide groups is 1. The Kier molecular flexibility index (Phi) is 5.21. The van der Waals surface area contributed by atoms with Gasteiger partial charge in [0.05, 0.1) is 12.6 Å². The van der Waals surface area contributed by atoms with Crippen LogP contribution in [0.3, 0.4) is 0 Å². The van der Waals surface area contributed by atoms with Crippen LogP contribution in [-0.4, -0.2) is 41.9 Å². The van der Waals surface area contributed by atoms with E-state index in [1.54, 1.807) is 0 Å². The number of amides is 4. The van der Waals surface area contributed by atoms with Crippen molar-refractivity contribution in [1.82, 2.24) is 15.5 Å². The quantitative estimate of drug-likeness (QED) is 0.769. The Bertz CT molecular complexity index is 659. The minimum Gasteiger partial charge on any atom is -0.494 e. The summed E-state index contributed by atoms with van der Waals surface area (Å²) in [5.41, 5.74) is 1.10. The Hall–Kier alpha value is -2.57. The van der Waals surface area contributed by atoms with Gasteiger partial charge in [-0.1, -0.05) is 12.1 Å². The van der Waals surface area contributed by atoms with Gasteiger partial charge in [-0.3, -0.25) is 14.9 Å². The number of rotatable bonds is 6. The molecule has 1 aromatic carbocycles. The van der Waals surface area contributed by atoms with E-state index in [0.717, 1.165) is 30.7 Å². The molecule has 3 rings (SSSR count). The summed E-state index contributed by atoms with van der Waals surface area (Å²) < 4.78 is 5.46. The summed E-state index contributed by atoms with van der Waals surface area (Å²) in [5, 5.41) is 4.71. The molecular weight excluding hydrogens is 322 g/mol. The largest absolute Gasteiger partial charge is 0.494 e. The summed E-state index contributed by atoms with van der Waals surface area (Å²) in [6.45, 7) is 3.29. The van der Waals surface area contributed by atoms with Crippen LogP contribution in [0.25, 0.3) is 0 Å². The lowest BCUT2D eigenvalue weighted by molar-refractivity contribution is -0.132. The maximum absolute atomic E-state index is 12.6. The predicted molar refractivity (Wildman–Crippen MR) is 91.0 cm³/mol. The van der Waals surface area contributed by atoms with Crippen LogP contribution in [0.4, 0.5) is 4.79 Å². The normalized spacial score (nSPS) is 22.7. The highest BCUT2D eigenvalue weighted by Crippen LogP contribution is 2.33. The molecule has 0 saturated carbocycles. The molecule has 25 heavy (non-hydrogen) atoms. The van der Waals surface area contributed by atoms with Crippen molar-refractivity contribution in [3.8, 4) is 5.75 Å². The van der Waals surface area contributed by atoms with Crippen molar-refractivity contribution in [2.24, 2.45) is 0 Å². The topological polar surface area (TPSA) is 87.7 Å². The third-order valence-corrected chi connectivity index (χ3v) is 4.65. The van der Waals surface area contributed by atoms with Gasteiger partial charge in [-0.15, -0.1) is 0 Å². The Morgan fingerprint density at radius 1 is 1.28 bits per heavy atom. The number of carbonyl (C=O) groups excluding carboxylic acids is 3. The molecule has 0 aliphatic carbocycles. The second-order valence-corrected chi connectivity index (χ2v) is 6.30. The van der Waals surface area contributed by atoms with Crippen LogP contribution in [0.1, 0.15) is 44.2 Å². The van der Waals surface area contributed by atoms with Gasteiger partial charge in [-0.25, -0.2) is 4.79 Å². The van der Waals surface area contributed by atoms with Crippen LogP contribution in [0.5, 0.6) is 5.75 Å². The first kappa shape index (κ1) is 17.3. The van der Waals surface area contributed by atoms with E-state index in [9.17, 15) is 14.4 Å². The monoisotopic (exact) mass is 345 g/mol. The summed E-state index contributed by atoms with van der Waals surface area (Å²) in [6.07, 6.45) is 2.46. The molecule has 0 aromatic heterocycles. The molecule has 4 amide bonds. The molecule has 2 aliphatic rings. The Morgan fingerprint density at radius 2 is 2.04 bits per heavy atom. The highest BCUT2D eigenvalue weighted by atomic mass is 16.5. The SMILES string of the molecule is CCOc1ccc(C2CCCN2C(=O)CCC2NC(=O)NC2=O)cc1. The van der Waals surface area contributed by atoms with Gasteiger partial charge in [0, 0.05) is 13.0 Å². The molecule has 1 aromatic rings. The summed E-state index contributed by atoms with van der Waals surface area (Å²) in [5.74, 6) is 0.484. The zero-order chi connectivity index (χ0) is 17.8. The molecule has 2 unspecified atom stereocenters. The summed E-state index contributed by atoms with van der Waals surface area (Å²) >= 11 is 0. The van der Waals surface area contributed by atoms with Gasteiger partial charge in [0.2, 0.25) is 5.91 Å². The zero-order valence-electron chi connectivity index (χ0n) is 14.3. The standard InChI is InChI=1S/C18H23N3O4/c1-2-25-13-7-5-12(6-8-13)15-4-3-11-21(15)16(22)10-9-14-17(23)20-18(24)19-14/h5-8,14-15H,2-4,9-11H2,1H3,(H2,19,20,23,24). The maximum Gasteiger partial charge on any atom is 0.322 e. The highest BCUT2D eigenvalue weighted by molar-refractivity contribution is 6.04. The highest BCUT2D eigenvalue weighted by Gasteiger charge is 2.33. The minimum absolute atomic E-state index is 0.0188. The fourth-order valence-electron chi connectivity index (χ4n) is 3.44. The first-order valence-corrected chi connectivity index (χ1v) is 8.72. The first-order chi connectivity index (χ1) is 12.1. The van der Waals surface area contributed by atoms with E-state index in [4.69, 9.17) is 4.74 Å². The van der Waals surface area contributed by atoms with Gasteiger partial charge >= 0.3 is 6.03 Å². The minimum atomic E-state index is -0.608. The molecule has 2 fully saturated rings. The van der Waals surface area contributed by atoms with Gasteiger partial charge in [-0.05, 0) is 43.9 Å². The van der Waals surface area contributed by atoms with Crippen molar-refractivity contribution in [2.75, 3.05) is 13.2 Å². The molecule has 2 N–H and O–H groups in total. The van der Waals surface area contributed by atoms with E-state index in [2.05, 4.69) is 10.6 Å². The molecule has 134 valence electrons. The number of likely N-dealkylation sites (tertiary alicyclic amines) is 1. The third kappa shape index (κ3) is 3.92. The molecule has 0 bridgehead atoms. The smallest absolute Gasteiger partial charge is 0.322 e. The van der Waals surface area contributed by atoms with Crippen LogP contribution in [0.2, 0.25) is 0 Å². The molecule has 2 atom stereocenters. The maximum atomic E-state index is 12.6. The Balaban J connectivity index is 1.59. The Morgan fingerprint density at radius 3 is 2.68 bits per heavy atom. The van der Waals surface area contributed by atoms with E-state index < -0.39 is 12.1 Å². The molecule has 7 heteroatoms. The lowest BCUT2D eigenvalue weighted by Crippen LogP contribution is -2.34. The second kappa shape index (κ2) is 7.55. The van der Waals surface area contributed by atoms with Crippen molar-refractivity contribution in [3.05, 3.63) is 29.8 Å². The van der Waals surface area contributed by atoms with Crippen LogP contribution in [0.15, 0.2) is 24.3 Å².